The zero-order valence-electron chi connectivity index (χ0n) is 18.4. The Hall–Kier alpha value is -2.80. The van der Waals surface area contributed by atoms with Crippen LogP contribution in [-0.2, 0) is 23.3 Å². The molecule has 1 aromatic carbocycles. The van der Waals surface area contributed by atoms with Gasteiger partial charge in [0.15, 0.2) is 11.4 Å². The van der Waals surface area contributed by atoms with Gasteiger partial charge in [-0.3, -0.25) is 14.4 Å². The van der Waals surface area contributed by atoms with Gasteiger partial charge in [-0.05, 0) is 44.4 Å². The van der Waals surface area contributed by atoms with Crippen molar-refractivity contribution in [3.63, 3.8) is 0 Å². The molecule has 0 saturated heterocycles. The Bertz CT molecular complexity index is 1100. The second-order valence-corrected chi connectivity index (χ2v) is 9.36. The molecule has 1 aliphatic heterocycles. The number of nitrogens with zero attached hydrogens (tertiary/aromatic N) is 2. The molecule has 2 heterocycles. The molecule has 1 aromatic heterocycles. The van der Waals surface area contributed by atoms with Crippen LogP contribution in [0.4, 0.5) is 0 Å². The molecule has 2 aromatic rings. The molecular weight excluding hydrogens is 430 g/mol. The van der Waals surface area contributed by atoms with Gasteiger partial charge in [-0.1, -0.05) is 36.6 Å². The number of aromatic nitrogens is 1. The summed E-state index contributed by atoms with van der Waals surface area (Å²) in [7, 11) is 0. The highest BCUT2D eigenvalue weighted by molar-refractivity contribution is 6.30. The highest BCUT2D eigenvalue weighted by atomic mass is 35.5. The first-order chi connectivity index (χ1) is 15.2. The predicted octanol–water partition coefficient (Wildman–Crippen LogP) is 3.20. The van der Waals surface area contributed by atoms with E-state index in [0.29, 0.717) is 23.8 Å². The van der Waals surface area contributed by atoms with E-state index < -0.39 is 16.6 Å². The van der Waals surface area contributed by atoms with Crippen molar-refractivity contribution in [2.45, 2.75) is 64.1 Å². The molecule has 1 fully saturated rings. The van der Waals surface area contributed by atoms with Crippen LogP contribution in [0.15, 0.2) is 35.1 Å². The van der Waals surface area contributed by atoms with Crippen LogP contribution < -0.4 is 10.7 Å². The molecule has 8 heteroatoms. The molecule has 0 radical (unpaired) electrons. The van der Waals surface area contributed by atoms with Crippen LogP contribution >= 0.6 is 11.6 Å². The maximum Gasteiger partial charge on any atom is 0.274 e. The van der Waals surface area contributed by atoms with Crippen LogP contribution in [0.3, 0.4) is 0 Å². The number of halogens is 1. The molecule has 1 aliphatic carbocycles. The van der Waals surface area contributed by atoms with Crippen molar-refractivity contribution in [3.05, 3.63) is 62.5 Å². The van der Waals surface area contributed by atoms with E-state index >= 15 is 0 Å². The number of fused-ring (bicyclic) bond motifs is 1. The molecule has 0 atom stereocenters. The van der Waals surface area contributed by atoms with Gasteiger partial charge in [0.1, 0.15) is 0 Å². The fourth-order valence-corrected chi connectivity index (χ4v) is 5.10. The van der Waals surface area contributed by atoms with E-state index in [-0.39, 0.29) is 30.1 Å². The molecule has 7 nitrogen and oxygen atoms in total. The highest BCUT2D eigenvalue weighted by Crippen LogP contribution is 2.41. The van der Waals surface area contributed by atoms with Crippen molar-refractivity contribution in [2.75, 3.05) is 6.54 Å². The van der Waals surface area contributed by atoms with E-state index in [1.807, 2.05) is 26.0 Å². The van der Waals surface area contributed by atoms with Crippen molar-refractivity contribution < 1.29 is 14.7 Å². The molecule has 0 bridgehead atoms. The first-order valence-electron chi connectivity index (χ1n) is 11.1. The van der Waals surface area contributed by atoms with E-state index in [1.165, 1.54) is 6.07 Å². The summed E-state index contributed by atoms with van der Waals surface area (Å²) in [6, 6.07) is 8.66. The number of hydrogen-bond donors (Lipinski definition) is 2. The average molecular weight is 458 g/mol. The van der Waals surface area contributed by atoms with Crippen LogP contribution in [0.2, 0.25) is 5.02 Å². The van der Waals surface area contributed by atoms with Gasteiger partial charge in [0.2, 0.25) is 11.3 Å². The number of aromatic hydroxyl groups is 1. The molecular formula is C24H28ClN3O4. The van der Waals surface area contributed by atoms with Crippen LogP contribution in [0.25, 0.3) is 0 Å². The van der Waals surface area contributed by atoms with Crippen molar-refractivity contribution in [3.8, 4) is 5.75 Å². The fourth-order valence-electron chi connectivity index (χ4n) is 4.98. The first-order valence-corrected chi connectivity index (χ1v) is 11.4. The molecule has 2 aliphatic rings. The fraction of sp³-hybridized carbons (Fsp3) is 0.458. The summed E-state index contributed by atoms with van der Waals surface area (Å²) in [6.45, 7) is 4.81. The van der Waals surface area contributed by atoms with Gasteiger partial charge in [0.05, 0.1) is 12.0 Å². The smallest absolute Gasteiger partial charge is 0.274 e. The third kappa shape index (κ3) is 3.79. The van der Waals surface area contributed by atoms with Crippen molar-refractivity contribution in [2.24, 2.45) is 0 Å². The Morgan fingerprint density at radius 1 is 1.16 bits per heavy atom. The second kappa shape index (κ2) is 8.62. The number of rotatable bonds is 5. The molecule has 1 saturated carbocycles. The Kier molecular flexibility index (Phi) is 6.03. The minimum atomic E-state index is -0.628. The molecule has 0 spiro atoms. The summed E-state index contributed by atoms with van der Waals surface area (Å²) in [5, 5.41) is 13.9. The number of carbonyl (C=O) groups is 2. The van der Waals surface area contributed by atoms with Gasteiger partial charge >= 0.3 is 0 Å². The van der Waals surface area contributed by atoms with Crippen molar-refractivity contribution in [1.29, 1.82) is 0 Å². The lowest BCUT2D eigenvalue weighted by molar-refractivity contribution is -0.126. The van der Waals surface area contributed by atoms with E-state index in [4.69, 9.17) is 11.6 Å². The lowest BCUT2D eigenvalue weighted by Gasteiger charge is -2.34. The third-order valence-corrected chi connectivity index (χ3v) is 6.99. The highest BCUT2D eigenvalue weighted by Gasteiger charge is 2.42. The van der Waals surface area contributed by atoms with Gasteiger partial charge in [0.25, 0.3) is 5.91 Å². The first kappa shape index (κ1) is 22.4. The number of benzene rings is 1. The van der Waals surface area contributed by atoms with Crippen LogP contribution in [-0.4, -0.2) is 39.0 Å². The molecule has 0 unspecified atom stereocenters. The standard InChI is InChI=1S/C24H28ClN3O4/c1-15(2)27-11-12-28-18(13-19(29)21(30)20(28)22(27)31)14-26-23(32)24(9-3-4-10-24)16-5-7-17(25)8-6-16/h5-8,13,15,30H,3-4,9-12,14H2,1-2H3,(H,26,32). The summed E-state index contributed by atoms with van der Waals surface area (Å²) in [4.78, 5) is 40.3. The monoisotopic (exact) mass is 457 g/mol. The Balaban J connectivity index is 1.62. The molecule has 4 rings (SSSR count). The maximum absolute atomic E-state index is 13.4. The van der Waals surface area contributed by atoms with E-state index in [9.17, 15) is 19.5 Å². The normalized spacial score (nSPS) is 17.5. The number of nitrogens with one attached hydrogen (secondary N) is 1. The van der Waals surface area contributed by atoms with Crippen LogP contribution in [0.1, 0.15) is 61.3 Å². The minimum absolute atomic E-state index is 0.00465. The number of amides is 2. The Morgan fingerprint density at radius 3 is 2.44 bits per heavy atom. The van der Waals surface area contributed by atoms with Crippen LogP contribution in [0.5, 0.6) is 5.75 Å². The van der Waals surface area contributed by atoms with Crippen molar-refractivity contribution >= 4 is 23.4 Å². The lowest BCUT2D eigenvalue weighted by atomic mass is 9.78. The van der Waals surface area contributed by atoms with Gasteiger partial charge < -0.3 is 19.9 Å². The Morgan fingerprint density at radius 2 is 1.81 bits per heavy atom. The lowest BCUT2D eigenvalue weighted by Crippen LogP contribution is -2.47. The van der Waals surface area contributed by atoms with Crippen molar-refractivity contribution in [1.82, 2.24) is 14.8 Å². The summed E-state index contributed by atoms with van der Waals surface area (Å²) in [6.07, 6.45) is 3.42. The third-order valence-electron chi connectivity index (χ3n) is 6.74. The second-order valence-electron chi connectivity index (χ2n) is 8.92. The largest absolute Gasteiger partial charge is 0.503 e. The zero-order valence-corrected chi connectivity index (χ0v) is 19.1. The minimum Gasteiger partial charge on any atom is -0.503 e. The summed E-state index contributed by atoms with van der Waals surface area (Å²) < 4.78 is 1.65. The maximum atomic E-state index is 13.4. The summed E-state index contributed by atoms with van der Waals surface area (Å²) >= 11 is 6.04. The topological polar surface area (TPSA) is 91.6 Å². The summed E-state index contributed by atoms with van der Waals surface area (Å²) in [5.74, 6) is -1.01. The molecule has 2 N–H and O–H groups in total. The average Bonchev–Trinajstić information content (AvgIpc) is 3.26. The SMILES string of the molecule is CC(C)N1CCn2c(CNC(=O)C3(c4ccc(Cl)cc4)CCCC3)cc(=O)c(O)c2C1=O. The van der Waals surface area contributed by atoms with Gasteiger partial charge in [-0.25, -0.2) is 0 Å². The predicted molar refractivity (Wildman–Crippen MR) is 122 cm³/mol. The number of pyridine rings is 1. The molecule has 2 amide bonds. The van der Waals surface area contributed by atoms with E-state index in [1.54, 1.807) is 21.6 Å². The van der Waals surface area contributed by atoms with Gasteiger partial charge in [-0.15, -0.1) is 0 Å². The molecule has 32 heavy (non-hydrogen) atoms. The summed E-state index contributed by atoms with van der Waals surface area (Å²) in [5.41, 5.74) is 0.195. The zero-order chi connectivity index (χ0) is 23.0. The number of carbonyl (C=O) groups excluding carboxylic acids is 2. The van der Waals surface area contributed by atoms with Gasteiger partial charge in [-0.2, -0.15) is 0 Å². The number of hydrogen-bond acceptors (Lipinski definition) is 4. The molecule has 170 valence electrons. The van der Waals surface area contributed by atoms with Crippen LogP contribution in [0, 0.1) is 0 Å². The Labute approximate surface area is 192 Å². The quantitative estimate of drug-likeness (QED) is 0.721. The van der Waals surface area contributed by atoms with E-state index in [2.05, 4.69) is 5.32 Å². The van der Waals surface area contributed by atoms with Gasteiger partial charge in [0, 0.05) is 35.9 Å². The van der Waals surface area contributed by atoms with E-state index in [0.717, 1.165) is 31.2 Å².